The van der Waals surface area contributed by atoms with E-state index < -0.39 is 10.0 Å². The van der Waals surface area contributed by atoms with Crippen LogP contribution in [0.25, 0.3) is 0 Å². The Labute approximate surface area is 205 Å². The molecule has 7 nitrogen and oxygen atoms in total. The van der Waals surface area contributed by atoms with Crippen LogP contribution in [0.3, 0.4) is 0 Å². The maximum absolute atomic E-state index is 13.1. The van der Waals surface area contributed by atoms with Crippen molar-refractivity contribution >= 4 is 38.9 Å². The number of anilines is 1. The number of nitrogens with zero attached hydrogens (tertiary/aromatic N) is 4. The number of sulfonamides is 1. The maximum Gasteiger partial charge on any atom is 0.244 e. The molecule has 0 atom stereocenters. The van der Waals surface area contributed by atoms with E-state index in [1.807, 2.05) is 12.1 Å². The van der Waals surface area contributed by atoms with E-state index in [1.54, 1.807) is 0 Å². The molecule has 1 N–H and O–H groups in total. The first kappa shape index (κ1) is 24.3. The molecule has 2 saturated heterocycles. The van der Waals surface area contributed by atoms with E-state index >= 15 is 0 Å². The van der Waals surface area contributed by atoms with E-state index in [-0.39, 0.29) is 9.92 Å². The lowest BCUT2D eigenvalue weighted by atomic mass is 10.1. The van der Waals surface area contributed by atoms with Gasteiger partial charge in [0.05, 0.1) is 16.7 Å². The second-order valence-electron chi connectivity index (χ2n) is 8.30. The number of benzene rings is 2. The number of hydrogen-bond acceptors (Lipinski definition) is 6. The Hall–Kier alpha value is -1.86. The van der Waals surface area contributed by atoms with Crippen LogP contribution in [0.4, 0.5) is 5.69 Å². The smallest absolute Gasteiger partial charge is 0.244 e. The van der Waals surface area contributed by atoms with Crippen LogP contribution in [0.5, 0.6) is 0 Å². The van der Waals surface area contributed by atoms with Crippen LogP contribution in [-0.2, 0) is 16.6 Å². The van der Waals surface area contributed by atoms with Crippen LogP contribution in [0, 0.1) is 11.3 Å². The van der Waals surface area contributed by atoms with E-state index in [4.69, 9.17) is 23.2 Å². The van der Waals surface area contributed by atoms with E-state index in [9.17, 15) is 13.7 Å². The van der Waals surface area contributed by atoms with Crippen LogP contribution in [0.1, 0.15) is 17.5 Å². The van der Waals surface area contributed by atoms with Gasteiger partial charge >= 0.3 is 0 Å². The molecule has 0 unspecified atom stereocenters. The highest BCUT2D eigenvalue weighted by molar-refractivity contribution is 7.89. The van der Waals surface area contributed by atoms with E-state index in [0.29, 0.717) is 43.3 Å². The monoisotopic (exact) mass is 507 g/mol. The lowest BCUT2D eigenvalue weighted by molar-refractivity contribution is 0.181. The molecule has 10 heteroatoms. The molecule has 2 heterocycles. The summed E-state index contributed by atoms with van der Waals surface area (Å²) in [4.78, 5) is 4.62. The maximum atomic E-state index is 13.1. The van der Waals surface area contributed by atoms with Crippen molar-refractivity contribution < 1.29 is 8.42 Å². The standard InChI is InChI=1S/C23H27Cl2N5O2S/c24-20-3-5-23(22(25)15-20)33(31,32)30-12-10-28(11-13-30)17-19-14-21(4-2-18(19)16-26)29-8-1-6-27-7-9-29/h2-5,14-15,27H,1,6-13,17H2. The van der Waals surface area contributed by atoms with E-state index in [0.717, 1.165) is 43.9 Å². The van der Waals surface area contributed by atoms with Gasteiger partial charge in [0, 0.05) is 63.1 Å². The molecule has 4 rings (SSSR count). The SMILES string of the molecule is N#Cc1ccc(N2CCCNCC2)cc1CN1CCN(S(=O)(=O)c2ccc(Cl)cc2Cl)CC1. The van der Waals surface area contributed by atoms with Crippen LogP contribution in [0.2, 0.25) is 10.0 Å². The van der Waals surface area contributed by atoms with Gasteiger partial charge in [0.1, 0.15) is 4.90 Å². The summed E-state index contributed by atoms with van der Waals surface area (Å²) in [6, 6.07) is 12.8. The molecule has 0 bridgehead atoms. The third kappa shape index (κ3) is 5.62. The van der Waals surface area contributed by atoms with Crippen molar-refractivity contribution in [3.8, 4) is 6.07 Å². The number of rotatable bonds is 5. The zero-order valence-electron chi connectivity index (χ0n) is 18.3. The van der Waals surface area contributed by atoms with Crippen molar-refractivity contribution in [2.24, 2.45) is 0 Å². The van der Waals surface area contributed by atoms with Gasteiger partial charge in [-0.2, -0.15) is 9.57 Å². The molecule has 0 radical (unpaired) electrons. The van der Waals surface area contributed by atoms with E-state index in [2.05, 4.69) is 27.3 Å². The van der Waals surface area contributed by atoms with Crippen LogP contribution in [0.15, 0.2) is 41.3 Å². The predicted molar refractivity (Wildman–Crippen MR) is 131 cm³/mol. The summed E-state index contributed by atoms with van der Waals surface area (Å²) in [5, 5.41) is 13.6. The Kier molecular flexibility index (Phi) is 7.80. The summed E-state index contributed by atoms with van der Waals surface area (Å²) >= 11 is 12.1. The Morgan fingerprint density at radius 2 is 1.76 bits per heavy atom. The average molecular weight is 508 g/mol. The Balaban J connectivity index is 1.44. The summed E-state index contributed by atoms with van der Waals surface area (Å²) in [7, 11) is -3.69. The quantitative estimate of drug-likeness (QED) is 0.669. The number of nitriles is 1. The fourth-order valence-corrected chi connectivity index (χ4v) is 6.48. The summed E-state index contributed by atoms with van der Waals surface area (Å²) in [6.07, 6.45) is 1.09. The van der Waals surface area contributed by atoms with Gasteiger partial charge in [-0.1, -0.05) is 23.2 Å². The number of nitrogens with one attached hydrogen (secondary N) is 1. The zero-order chi connectivity index (χ0) is 23.4. The first-order valence-electron chi connectivity index (χ1n) is 11.0. The molecule has 176 valence electrons. The van der Waals surface area contributed by atoms with Gasteiger partial charge in [-0.25, -0.2) is 8.42 Å². The normalized spacial score (nSPS) is 18.6. The second-order valence-corrected chi connectivity index (χ2v) is 11.0. The molecule has 2 aliphatic rings. The molecule has 2 aromatic rings. The van der Waals surface area contributed by atoms with Crippen molar-refractivity contribution in [2.45, 2.75) is 17.9 Å². The topological polar surface area (TPSA) is 79.7 Å². The van der Waals surface area contributed by atoms with E-state index in [1.165, 1.54) is 22.5 Å². The molecule has 2 aromatic carbocycles. The van der Waals surface area contributed by atoms with Crippen molar-refractivity contribution in [1.82, 2.24) is 14.5 Å². The third-order valence-corrected chi connectivity index (χ3v) is 8.77. The summed E-state index contributed by atoms with van der Waals surface area (Å²) in [5.41, 5.74) is 2.77. The average Bonchev–Trinajstić information content (AvgIpc) is 3.09. The highest BCUT2D eigenvalue weighted by Crippen LogP contribution is 2.28. The van der Waals surface area contributed by atoms with Crippen molar-refractivity contribution in [3.63, 3.8) is 0 Å². The lowest BCUT2D eigenvalue weighted by Gasteiger charge is -2.34. The molecule has 0 aromatic heterocycles. The molecular formula is C23H27Cl2N5O2S. The first-order chi connectivity index (χ1) is 15.9. The van der Waals surface area contributed by atoms with Crippen molar-refractivity contribution in [3.05, 3.63) is 57.6 Å². The fraction of sp³-hybridized carbons (Fsp3) is 0.435. The largest absolute Gasteiger partial charge is 0.370 e. The molecule has 2 fully saturated rings. The molecular weight excluding hydrogens is 481 g/mol. The van der Waals surface area contributed by atoms with Gasteiger partial charge < -0.3 is 10.2 Å². The van der Waals surface area contributed by atoms with Crippen LogP contribution >= 0.6 is 23.2 Å². The molecule has 2 aliphatic heterocycles. The van der Waals surface area contributed by atoms with Gasteiger partial charge in [-0.3, -0.25) is 4.90 Å². The van der Waals surface area contributed by atoms with Crippen molar-refractivity contribution in [1.29, 1.82) is 5.26 Å². The third-order valence-electron chi connectivity index (χ3n) is 6.15. The Bertz CT molecular complexity index is 1140. The van der Waals surface area contributed by atoms with Gasteiger partial charge in [-0.15, -0.1) is 0 Å². The highest BCUT2D eigenvalue weighted by Gasteiger charge is 2.30. The Morgan fingerprint density at radius 3 is 2.48 bits per heavy atom. The molecule has 0 saturated carbocycles. The molecule has 0 spiro atoms. The predicted octanol–water partition coefficient (Wildman–Crippen LogP) is 3.17. The highest BCUT2D eigenvalue weighted by atomic mass is 35.5. The first-order valence-corrected chi connectivity index (χ1v) is 13.2. The molecule has 33 heavy (non-hydrogen) atoms. The molecule has 0 aliphatic carbocycles. The minimum absolute atomic E-state index is 0.0772. The summed E-state index contributed by atoms with van der Waals surface area (Å²) in [6.45, 7) is 6.38. The van der Waals surface area contributed by atoms with Gasteiger partial charge in [0.2, 0.25) is 10.0 Å². The van der Waals surface area contributed by atoms with Crippen LogP contribution < -0.4 is 10.2 Å². The van der Waals surface area contributed by atoms with Crippen molar-refractivity contribution in [2.75, 3.05) is 57.3 Å². The Morgan fingerprint density at radius 1 is 0.970 bits per heavy atom. The number of piperazine rings is 1. The number of hydrogen-bond donors (Lipinski definition) is 1. The minimum Gasteiger partial charge on any atom is -0.370 e. The zero-order valence-corrected chi connectivity index (χ0v) is 20.6. The minimum atomic E-state index is -3.69. The number of halogens is 2. The van der Waals surface area contributed by atoms with Gasteiger partial charge in [0.25, 0.3) is 0 Å². The van der Waals surface area contributed by atoms with Gasteiger partial charge in [0.15, 0.2) is 0 Å². The van der Waals surface area contributed by atoms with Gasteiger partial charge in [-0.05, 0) is 54.9 Å². The lowest BCUT2D eigenvalue weighted by Crippen LogP contribution is -2.48. The van der Waals surface area contributed by atoms with Crippen LogP contribution in [-0.4, -0.2) is 70.0 Å². The molecule has 0 amide bonds. The fourth-order valence-electron chi connectivity index (χ4n) is 4.31. The second kappa shape index (κ2) is 10.6. The summed E-state index contributed by atoms with van der Waals surface area (Å²) < 4.78 is 27.6. The summed E-state index contributed by atoms with van der Waals surface area (Å²) in [5.74, 6) is 0.